The summed E-state index contributed by atoms with van der Waals surface area (Å²) >= 11 is 3.19. The van der Waals surface area contributed by atoms with Crippen molar-refractivity contribution in [2.75, 3.05) is 0 Å². The Morgan fingerprint density at radius 1 is 1.50 bits per heavy atom. The molecule has 0 aliphatic carbocycles. The van der Waals surface area contributed by atoms with Crippen LogP contribution in [0.3, 0.4) is 0 Å². The lowest BCUT2D eigenvalue weighted by Crippen LogP contribution is -2.14. The number of hydrogen-bond donors (Lipinski definition) is 1. The summed E-state index contributed by atoms with van der Waals surface area (Å²) in [6.45, 7) is 1.71. The average Bonchev–Trinajstić information content (AvgIpc) is 2.07. The van der Waals surface area contributed by atoms with Gasteiger partial charge in [-0.3, -0.25) is 9.20 Å². The van der Waals surface area contributed by atoms with Crippen LogP contribution in [0.4, 0.5) is 0 Å². The lowest BCUT2D eigenvalue weighted by molar-refractivity contribution is 0.476. The highest BCUT2D eigenvalue weighted by molar-refractivity contribution is 9.10. The number of halogens is 1. The number of aryl methyl sites for hydroxylation is 1. The van der Waals surface area contributed by atoms with E-state index in [2.05, 4.69) is 20.9 Å². The van der Waals surface area contributed by atoms with Crippen LogP contribution in [-0.4, -0.2) is 14.5 Å². The molecule has 0 aliphatic rings. The minimum Gasteiger partial charge on any atom is -0.504 e. The fourth-order valence-corrected chi connectivity index (χ4v) is 1.69. The molecular formula is C9H7BrN2O2. The third kappa shape index (κ3) is 1.39. The van der Waals surface area contributed by atoms with E-state index < -0.39 is 0 Å². The molecule has 0 aliphatic heterocycles. The first kappa shape index (κ1) is 9.21. The minimum atomic E-state index is -0.205. The quantitative estimate of drug-likeness (QED) is 0.775. The van der Waals surface area contributed by atoms with Crippen molar-refractivity contribution in [3.63, 3.8) is 0 Å². The minimum absolute atomic E-state index is 0.0137. The van der Waals surface area contributed by atoms with E-state index in [0.717, 1.165) is 0 Å². The van der Waals surface area contributed by atoms with E-state index in [1.165, 1.54) is 16.5 Å². The fourth-order valence-electron chi connectivity index (χ4n) is 1.27. The van der Waals surface area contributed by atoms with Crippen molar-refractivity contribution >= 4 is 21.6 Å². The van der Waals surface area contributed by atoms with Crippen LogP contribution in [0.15, 0.2) is 27.6 Å². The van der Waals surface area contributed by atoms with Crippen molar-refractivity contribution in [2.24, 2.45) is 0 Å². The Kier molecular flexibility index (Phi) is 2.03. The van der Waals surface area contributed by atoms with E-state index in [4.69, 9.17) is 0 Å². The van der Waals surface area contributed by atoms with Crippen LogP contribution in [-0.2, 0) is 0 Å². The molecule has 14 heavy (non-hydrogen) atoms. The first-order valence-electron chi connectivity index (χ1n) is 3.96. The molecule has 0 aromatic carbocycles. The molecule has 0 amide bonds. The zero-order chi connectivity index (χ0) is 10.3. The van der Waals surface area contributed by atoms with Gasteiger partial charge in [0.15, 0.2) is 11.4 Å². The molecule has 0 fully saturated rings. The third-order valence-corrected chi connectivity index (χ3v) is 2.27. The Morgan fingerprint density at radius 2 is 2.21 bits per heavy atom. The van der Waals surface area contributed by atoms with E-state index in [1.54, 1.807) is 13.1 Å². The van der Waals surface area contributed by atoms with E-state index in [9.17, 15) is 9.90 Å². The Morgan fingerprint density at radius 3 is 2.93 bits per heavy atom. The second-order valence-electron chi connectivity index (χ2n) is 2.97. The molecule has 1 N–H and O–H groups in total. The van der Waals surface area contributed by atoms with Gasteiger partial charge in [-0.15, -0.1) is 0 Å². The highest BCUT2D eigenvalue weighted by Gasteiger charge is 2.05. The van der Waals surface area contributed by atoms with Gasteiger partial charge in [-0.2, -0.15) is 0 Å². The van der Waals surface area contributed by atoms with Gasteiger partial charge in [-0.25, -0.2) is 4.98 Å². The summed E-state index contributed by atoms with van der Waals surface area (Å²) < 4.78 is 1.93. The number of nitrogens with zero attached hydrogens (tertiary/aromatic N) is 2. The van der Waals surface area contributed by atoms with Crippen molar-refractivity contribution in [2.45, 2.75) is 6.92 Å². The molecule has 2 heterocycles. The summed E-state index contributed by atoms with van der Waals surface area (Å²) in [6.07, 6.45) is 1.57. The number of pyridine rings is 1. The summed E-state index contributed by atoms with van der Waals surface area (Å²) in [4.78, 5) is 15.6. The molecule has 0 atom stereocenters. The number of fused-ring (bicyclic) bond motifs is 1. The van der Waals surface area contributed by atoms with Gasteiger partial charge >= 0.3 is 0 Å². The Hall–Kier alpha value is -1.36. The molecule has 4 nitrogen and oxygen atoms in total. The van der Waals surface area contributed by atoms with Crippen molar-refractivity contribution in [1.29, 1.82) is 0 Å². The van der Waals surface area contributed by atoms with E-state index in [0.29, 0.717) is 10.2 Å². The second kappa shape index (κ2) is 3.09. The predicted molar refractivity (Wildman–Crippen MR) is 55.6 cm³/mol. The van der Waals surface area contributed by atoms with Crippen LogP contribution in [0.25, 0.3) is 5.65 Å². The molecule has 0 saturated heterocycles. The molecule has 2 rings (SSSR count). The molecule has 0 bridgehead atoms. The number of aromatic nitrogens is 2. The number of hydrogen-bond acceptors (Lipinski definition) is 3. The summed E-state index contributed by atoms with van der Waals surface area (Å²) in [6, 6.07) is 2.92. The monoisotopic (exact) mass is 254 g/mol. The van der Waals surface area contributed by atoms with Crippen LogP contribution in [0.2, 0.25) is 0 Å². The summed E-state index contributed by atoms with van der Waals surface area (Å²) in [5.74, 6) is -0.0137. The van der Waals surface area contributed by atoms with Crippen molar-refractivity contribution in [1.82, 2.24) is 9.38 Å². The van der Waals surface area contributed by atoms with Gasteiger partial charge in [-0.05, 0) is 28.9 Å². The molecule has 0 unspecified atom stereocenters. The maximum atomic E-state index is 11.5. The van der Waals surface area contributed by atoms with Gasteiger partial charge in [0.05, 0.1) is 0 Å². The van der Waals surface area contributed by atoms with E-state index in [-0.39, 0.29) is 17.0 Å². The van der Waals surface area contributed by atoms with Crippen LogP contribution in [0.1, 0.15) is 5.69 Å². The largest absolute Gasteiger partial charge is 0.504 e. The van der Waals surface area contributed by atoms with E-state index in [1.807, 2.05) is 0 Å². The van der Waals surface area contributed by atoms with Gasteiger partial charge in [0.1, 0.15) is 0 Å². The normalized spacial score (nSPS) is 10.7. The Balaban J connectivity index is 3.02. The standard InChI is InChI=1S/C9H7BrN2O2/c1-5-2-8(14)12-4-6(10)3-7(13)9(12)11-5/h2-4,13H,1H3. The summed E-state index contributed by atoms with van der Waals surface area (Å²) in [7, 11) is 0. The lowest BCUT2D eigenvalue weighted by atomic mass is 10.4. The van der Waals surface area contributed by atoms with Crippen LogP contribution in [0, 0.1) is 6.92 Å². The highest BCUT2D eigenvalue weighted by atomic mass is 79.9. The average molecular weight is 255 g/mol. The second-order valence-corrected chi connectivity index (χ2v) is 3.89. The SMILES string of the molecule is Cc1cc(=O)n2cc(Br)cc(O)c2n1. The molecule has 2 aromatic rings. The van der Waals surface area contributed by atoms with Gasteiger partial charge < -0.3 is 5.11 Å². The molecular weight excluding hydrogens is 248 g/mol. The zero-order valence-corrected chi connectivity index (χ0v) is 8.95. The molecule has 5 heteroatoms. The van der Waals surface area contributed by atoms with Gasteiger partial charge in [-0.1, -0.05) is 0 Å². The Bertz CT molecular complexity index is 562. The topological polar surface area (TPSA) is 54.6 Å². The first-order chi connectivity index (χ1) is 6.58. The van der Waals surface area contributed by atoms with Crippen LogP contribution in [0.5, 0.6) is 5.75 Å². The number of aromatic hydroxyl groups is 1. The van der Waals surface area contributed by atoms with Crippen molar-refractivity contribution in [3.8, 4) is 5.75 Å². The molecule has 0 radical (unpaired) electrons. The maximum absolute atomic E-state index is 11.5. The van der Waals surface area contributed by atoms with Crippen molar-refractivity contribution < 1.29 is 5.11 Å². The summed E-state index contributed by atoms with van der Waals surface area (Å²) in [5, 5.41) is 9.55. The molecule has 0 saturated carbocycles. The lowest BCUT2D eigenvalue weighted by Gasteiger charge is -2.03. The molecule has 72 valence electrons. The first-order valence-corrected chi connectivity index (χ1v) is 4.76. The van der Waals surface area contributed by atoms with E-state index >= 15 is 0 Å². The van der Waals surface area contributed by atoms with Crippen LogP contribution < -0.4 is 5.56 Å². The maximum Gasteiger partial charge on any atom is 0.258 e. The predicted octanol–water partition coefficient (Wildman–Crippen LogP) is 1.47. The third-order valence-electron chi connectivity index (χ3n) is 1.84. The molecule has 0 spiro atoms. The smallest absolute Gasteiger partial charge is 0.258 e. The van der Waals surface area contributed by atoms with Gasteiger partial charge in [0, 0.05) is 22.4 Å². The Labute approximate surface area is 88.0 Å². The fraction of sp³-hybridized carbons (Fsp3) is 0.111. The van der Waals surface area contributed by atoms with Crippen LogP contribution >= 0.6 is 15.9 Å². The van der Waals surface area contributed by atoms with Crippen molar-refractivity contribution in [3.05, 3.63) is 38.9 Å². The molecule has 2 aromatic heterocycles. The number of rotatable bonds is 0. The zero-order valence-electron chi connectivity index (χ0n) is 7.36. The van der Waals surface area contributed by atoms with Gasteiger partial charge in [0.2, 0.25) is 0 Å². The van der Waals surface area contributed by atoms with Gasteiger partial charge in [0.25, 0.3) is 5.56 Å². The summed E-state index contributed by atoms with van der Waals surface area (Å²) in [5.41, 5.74) is 0.662. The highest BCUT2D eigenvalue weighted by Crippen LogP contribution is 2.20.